The van der Waals surface area contributed by atoms with Gasteiger partial charge < -0.3 is 5.32 Å². The zero-order chi connectivity index (χ0) is 11.3. The van der Waals surface area contributed by atoms with E-state index in [2.05, 4.69) is 38.7 Å². The van der Waals surface area contributed by atoms with Gasteiger partial charge in [-0.1, -0.05) is 33.3 Å². The van der Waals surface area contributed by atoms with Crippen molar-refractivity contribution in [1.82, 2.24) is 5.32 Å². The molecule has 4 unspecified atom stereocenters. The fraction of sp³-hybridized carbons (Fsp3) is 0.857. The Morgan fingerprint density at radius 2 is 2.07 bits per heavy atom. The highest BCUT2D eigenvalue weighted by Gasteiger charge is 2.28. The van der Waals surface area contributed by atoms with Gasteiger partial charge in [0.2, 0.25) is 0 Å². The van der Waals surface area contributed by atoms with E-state index >= 15 is 0 Å². The summed E-state index contributed by atoms with van der Waals surface area (Å²) in [5.41, 5.74) is 0. The first kappa shape index (κ1) is 12.8. The Kier molecular flexibility index (Phi) is 5.38. The van der Waals surface area contributed by atoms with E-state index in [9.17, 15) is 0 Å². The monoisotopic (exact) mass is 209 g/mol. The van der Waals surface area contributed by atoms with Crippen molar-refractivity contribution in [1.29, 1.82) is 0 Å². The van der Waals surface area contributed by atoms with Crippen LogP contribution in [0, 0.1) is 17.8 Å². The van der Waals surface area contributed by atoms with E-state index in [1.54, 1.807) is 0 Å². The highest BCUT2D eigenvalue weighted by molar-refractivity contribution is 4.87. The molecular weight excluding hydrogens is 182 g/mol. The standard InChI is InChI=1S/C14H27N/c1-5-7-14(15-6-2)13-9-8-11(3)12(4)10-13/h5,11-15H,1,6-10H2,2-4H3. The average Bonchev–Trinajstić information content (AvgIpc) is 2.22. The minimum Gasteiger partial charge on any atom is -0.314 e. The van der Waals surface area contributed by atoms with Gasteiger partial charge in [0.1, 0.15) is 0 Å². The van der Waals surface area contributed by atoms with E-state index in [0.29, 0.717) is 6.04 Å². The molecule has 0 saturated heterocycles. The van der Waals surface area contributed by atoms with Crippen LogP contribution >= 0.6 is 0 Å². The summed E-state index contributed by atoms with van der Waals surface area (Å²) >= 11 is 0. The summed E-state index contributed by atoms with van der Waals surface area (Å²) in [6.45, 7) is 12.0. The van der Waals surface area contributed by atoms with Gasteiger partial charge in [-0.15, -0.1) is 6.58 Å². The normalized spacial score (nSPS) is 33.7. The Morgan fingerprint density at radius 3 is 2.60 bits per heavy atom. The van der Waals surface area contributed by atoms with Gasteiger partial charge in [-0.25, -0.2) is 0 Å². The lowest BCUT2D eigenvalue weighted by molar-refractivity contribution is 0.172. The molecule has 88 valence electrons. The molecule has 1 nitrogen and oxygen atoms in total. The van der Waals surface area contributed by atoms with E-state index in [4.69, 9.17) is 0 Å². The Labute approximate surface area is 95.3 Å². The molecule has 1 aliphatic carbocycles. The topological polar surface area (TPSA) is 12.0 Å². The summed E-state index contributed by atoms with van der Waals surface area (Å²) in [4.78, 5) is 0. The molecule has 0 aromatic heterocycles. The third-order valence-electron chi connectivity index (χ3n) is 4.09. The van der Waals surface area contributed by atoms with Crippen molar-refractivity contribution in [2.45, 2.75) is 52.5 Å². The molecule has 1 fully saturated rings. The number of rotatable bonds is 5. The average molecular weight is 209 g/mol. The first-order valence-corrected chi connectivity index (χ1v) is 6.53. The Bertz CT molecular complexity index is 188. The molecule has 0 spiro atoms. The minimum absolute atomic E-state index is 0.669. The van der Waals surface area contributed by atoms with Gasteiger partial charge in [0, 0.05) is 6.04 Å². The molecule has 1 rings (SSSR count). The van der Waals surface area contributed by atoms with Crippen molar-refractivity contribution in [2.24, 2.45) is 17.8 Å². The first-order chi connectivity index (χ1) is 7.19. The van der Waals surface area contributed by atoms with Crippen LogP contribution in [0.3, 0.4) is 0 Å². The molecular formula is C14H27N. The number of hydrogen-bond donors (Lipinski definition) is 1. The van der Waals surface area contributed by atoms with Crippen molar-refractivity contribution < 1.29 is 0 Å². The molecule has 0 aromatic rings. The second-order valence-electron chi connectivity index (χ2n) is 5.22. The molecule has 1 N–H and O–H groups in total. The molecule has 15 heavy (non-hydrogen) atoms. The molecule has 0 aliphatic heterocycles. The number of nitrogens with one attached hydrogen (secondary N) is 1. The Hall–Kier alpha value is -0.300. The summed E-state index contributed by atoms with van der Waals surface area (Å²) in [7, 11) is 0. The summed E-state index contributed by atoms with van der Waals surface area (Å²) in [5, 5.41) is 3.62. The zero-order valence-electron chi connectivity index (χ0n) is 10.6. The molecule has 0 amide bonds. The van der Waals surface area contributed by atoms with E-state index in [-0.39, 0.29) is 0 Å². The van der Waals surface area contributed by atoms with Gasteiger partial charge in [0.15, 0.2) is 0 Å². The predicted octanol–water partition coefficient (Wildman–Crippen LogP) is 3.61. The zero-order valence-corrected chi connectivity index (χ0v) is 10.6. The summed E-state index contributed by atoms with van der Waals surface area (Å²) < 4.78 is 0. The van der Waals surface area contributed by atoms with Crippen LogP contribution in [-0.2, 0) is 0 Å². The van der Waals surface area contributed by atoms with E-state index in [1.807, 2.05) is 0 Å². The molecule has 0 heterocycles. The lowest BCUT2D eigenvalue weighted by atomic mass is 9.72. The molecule has 0 aromatic carbocycles. The third kappa shape index (κ3) is 3.64. The summed E-state index contributed by atoms with van der Waals surface area (Å²) in [5.74, 6) is 2.69. The van der Waals surface area contributed by atoms with Crippen LogP contribution in [0.1, 0.15) is 46.5 Å². The fourth-order valence-electron chi connectivity index (χ4n) is 2.84. The first-order valence-electron chi connectivity index (χ1n) is 6.53. The van der Waals surface area contributed by atoms with Crippen molar-refractivity contribution in [3.8, 4) is 0 Å². The van der Waals surface area contributed by atoms with Gasteiger partial charge in [-0.3, -0.25) is 0 Å². The van der Waals surface area contributed by atoms with Crippen molar-refractivity contribution in [3.05, 3.63) is 12.7 Å². The molecule has 1 saturated carbocycles. The van der Waals surface area contributed by atoms with Gasteiger partial charge in [-0.05, 0) is 43.6 Å². The van der Waals surface area contributed by atoms with Crippen LogP contribution in [-0.4, -0.2) is 12.6 Å². The second kappa shape index (κ2) is 6.32. The maximum absolute atomic E-state index is 3.87. The smallest absolute Gasteiger partial charge is 0.0130 e. The van der Waals surface area contributed by atoms with Crippen LogP contribution in [0.2, 0.25) is 0 Å². The quantitative estimate of drug-likeness (QED) is 0.682. The van der Waals surface area contributed by atoms with E-state index < -0.39 is 0 Å². The van der Waals surface area contributed by atoms with Gasteiger partial charge in [0.25, 0.3) is 0 Å². The van der Waals surface area contributed by atoms with Gasteiger partial charge in [0.05, 0.1) is 0 Å². The van der Waals surface area contributed by atoms with Crippen molar-refractivity contribution >= 4 is 0 Å². The van der Waals surface area contributed by atoms with Crippen LogP contribution in [0.15, 0.2) is 12.7 Å². The predicted molar refractivity (Wildman–Crippen MR) is 67.9 cm³/mol. The van der Waals surface area contributed by atoms with Crippen molar-refractivity contribution in [3.63, 3.8) is 0 Å². The SMILES string of the molecule is C=CCC(NCC)C1CCC(C)C(C)C1. The molecule has 4 atom stereocenters. The van der Waals surface area contributed by atoms with Crippen molar-refractivity contribution in [2.75, 3.05) is 6.54 Å². The molecule has 0 radical (unpaired) electrons. The Morgan fingerprint density at radius 1 is 1.33 bits per heavy atom. The summed E-state index contributed by atoms with van der Waals surface area (Å²) in [6.07, 6.45) is 7.39. The fourth-order valence-corrected chi connectivity index (χ4v) is 2.84. The lowest BCUT2D eigenvalue weighted by Gasteiger charge is -2.36. The lowest BCUT2D eigenvalue weighted by Crippen LogP contribution is -2.39. The number of hydrogen-bond acceptors (Lipinski definition) is 1. The van der Waals surface area contributed by atoms with Crippen LogP contribution in [0.4, 0.5) is 0 Å². The highest BCUT2D eigenvalue weighted by atomic mass is 14.9. The third-order valence-corrected chi connectivity index (χ3v) is 4.09. The summed E-state index contributed by atoms with van der Waals surface area (Å²) in [6, 6.07) is 0.669. The van der Waals surface area contributed by atoms with E-state index in [1.165, 1.54) is 19.3 Å². The minimum atomic E-state index is 0.669. The molecule has 0 bridgehead atoms. The van der Waals surface area contributed by atoms with Gasteiger partial charge >= 0.3 is 0 Å². The molecule has 1 aliphatic rings. The van der Waals surface area contributed by atoms with E-state index in [0.717, 1.165) is 30.7 Å². The largest absolute Gasteiger partial charge is 0.314 e. The maximum atomic E-state index is 3.87. The second-order valence-corrected chi connectivity index (χ2v) is 5.22. The Balaban J connectivity index is 2.48. The highest BCUT2D eigenvalue weighted by Crippen LogP contribution is 2.35. The van der Waals surface area contributed by atoms with Crippen LogP contribution in [0.25, 0.3) is 0 Å². The maximum Gasteiger partial charge on any atom is 0.0130 e. The van der Waals surface area contributed by atoms with Crippen LogP contribution in [0.5, 0.6) is 0 Å². The molecule has 1 heteroatoms. The van der Waals surface area contributed by atoms with Crippen LogP contribution < -0.4 is 5.32 Å². The van der Waals surface area contributed by atoms with Gasteiger partial charge in [-0.2, -0.15) is 0 Å².